The molecule has 192 valence electrons. The number of aryl methyl sites for hydroxylation is 1. The first-order valence-electron chi connectivity index (χ1n) is 12.5. The van der Waals surface area contributed by atoms with Gasteiger partial charge in [-0.15, -0.1) is 11.3 Å². The summed E-state index contributed by atoms with van der Waals surface area (Å²) in [6.07, 6.45) is 2.50. The van der Waals surface area contributed by atoms with Gasteiger partial charge in [0.15, 0.2) is 0 Å². The van der Waals surface area contributed by atoms with Crippen LogP contribution in [0.25, 0.3) is 0 Å². The summed E-state index contributed by atoms with van der Waals surface area (Å²) in [4.78, 5) is 68.5. The standard InChI is InChI=1S/C26H26N4O6S/c1-2-36-24(34)18-12-6-5-9-16(12)37-23(18)30-21(32)19-15(10-11-17(27)31)29-26(20(19)22(30)33)13-7-3-4-8-14(13)28-25(26)35/h3-4,7-8,15,19-20,29H,2,5-6,9-11H2,1H3,(H2,27,31)(H,28,35). The Morgan fingerprint density at radius 1 is 1.19 bits per heavy atom. The molecular weight excluding hydrogens is 496 g/mol. The molecule has 2 aromatic rings. The number of imide groups is 1. The van der Waals surface area contributed by atoms with Crippen molar-refractivity contribution >= 4 is 51.6 Å². The van der Waals surface area contributed by atoms with Gasteiger partial charge in [-0.05, 0) is 44.2 Å². The number of carbonyl (C=O) groups is 5. The minimum atomic E-state index is -1.48. The average Bonchev–Trinajstić information content (AvgIpc) is 3.63. The van der Waals surface area contributed by atoms with Crippen LogP contribution in [0.1, 0.15) is 52.5 Å². The summed E-state index contributed by atoms with van der Waals surface area (Å²) in [6, 6.07) is 6.42. The first-order valence-corrected chi connectivity index (χ1v) is 13.3. The van der Waals surface area contributed by atoms with E-state index in [-0.39, 0.29) is 30.0 Å². The van der Waals surface area contributed by atoms with E-state index in [1.807, 2.05) is 0 Å². The van der Waals surface area contributed by atoms with Crippen LogP contribution in [0.4, 0.5) is 10.7 Å². The van der Waals surface area contributed by atoms with Crippen molar-refractivity contribution in [3.05, 3.63) is 45.8 Å². The van der Waals surface area contributed by atoms with Crippen molar-refractivity contribution in [3.8, 4) is 0 Å². The summed E-state index contributed by atoms with van der Waals surface area (Å²) in [5.41, 5.74) is 6.17. The Bertz CT molecular complexity index is 1390. The molecule has 0 bridgehead atoms. The summed E-state index contributed by atoms with van der Waals surface area (Å²) in [5.74, 6) is -4.50. The fourth-order valence-electron chi connectivity index (χ4n) is 6.47. The number of thiophene rings is 1. The third-order valence-corrected chi connectivity index (χ3v) is 9.19. The monoisotopic (exact) mass is 522 g/mol. The highest BCUT2D eigenvalue weighted by atomic mass is 32.1. The molecule has 3 aliphatic heterocycles. The van der Waals surface area contributed by atoms with Gasteiger partial charge in [0.25, 0.3) is 0 Å². The van der Waals surface area contributed by atoms with Gasteiger partial charge in [-0.2, -0.15) is 0 Å². The first kappa shape index (κ1) is 23.8. The normalized spacial score (nSPS) is 27.4. The summed E-state index contributed by atoms with van der Waals surface area (Å²) in [7, 11) is 0. The minimum absolute atomic E-state index is 0.0108. The van der Waals surface area contributed by atoms with Crippen LogP contribution in [0.5, 0.6) is 0 Å². The average molecular weight is 523 g/mol. The number of nitrogens with one attached hydrogen (secondary N) is 2. The van der Waals surface area contributed by atoms with Gasteiger partial charge in [0, 0.05) is 28.6 Å². The van der Waals surface area contributed by atoms with Gasteiger partial charge >= 0.3 is 5.97 Å². The van der Waals surface area contributed by atoms with Crippen LogP contribution in [0, 0.1) is 11.8 Å². The molecule has 37 heavy (non-hydrogen) atoms. The van der Waals surface area contributed by atoms with Gasteiger partial charge in [0.2, 0.25) is 23.6 Å². The SMILES string of the molecule is CCOC(=O)c1c(N2C(=O)C3C(CCC(N)=O)NC4(C(=O)Nc5ccccc54)C3C2=O)sc2c1CCC2. The Balaban J connectivity index is 1.49. The number of ether oxygens (including phenoxy) is 1. The van der Waals surface area contributed by atoms with E-state index in [0.717, 1.165) is 28.2 Å². The minimum Gasteiger partial charge on any atom is -0.462 e. The van der Waals surface area contributed by atoms with Crippen molar-refractivity contribution in [1.29, 1.82) is 0 Å². The number of esters is 1. The Morgan fingerprint density at radius 2 is 1.97 bits per heavy atom. The zero-order chi connectivity index (χ0) is 26.1. The van der Waals surface area contributed by atoms with E-state index in [0.29, 0.717) is 17.7 Å². The molecule has 1 aromatic heterocycles. The van der Waals surface area contributed by atoms with Crippen molar-refractivity contribution in [2.24, 2.45) is 17.6 Å². The van der Waals surface area contributed by atoms with E-state index in [9.17, 15) is 24.0 Å². The van der Waals surface area contributed by atoms with Crippen LogP contribution >= 0.6 is 11.3 Å². The Kier molecular flexibility index (Phi) is 5.46. The van der Waals surface area contributed by atoms with Crippen molar-refractivity contribution in [1.82, 2.24) is 5.32 Å². The van der Waals surface area contributed by atoms with E-state index in [1.165, 1.54) is 11.3 Å². The molecule has 4 unspecified atom stereocenters. The van der Waals surface area contributed by atoms with Gasteiger partial charge in [0.05, 0.1) is 24.0 Å². The third kappa shape index (κ3) is 3.23. The molecule has 1 spiro atoms. The fraction of sp³-hybridized carbons (Fsp3) is 0.423. The number of rotatable bonds is 6. The van der Waals surface area contributed by atoms with Gasteiger partial charge in [-0.3, -0.25) is 24.5 Å². The quantitative estimate of drug-likeness (QED) is 0.386. The summed E-state index contributed by atoms with van der Waals surface area (Å²) < 4.78 is 5.31. The second-order valence-corrected chi connectivity index (χ2v) is 10.9. The molecule has 10 nitrogen and oxygen atoms in total. The van der Waals surface area contributed by atoms with Gasteiger partial charge in [-0.1, -0.05) is 18.2 Å². The van der Waals surface area contributed by atoms with Crippen LogP contribution in [0.2, 0.25) is 0 Å². The molecule has 1 aromatic carbocycles. The van der Waals surface area contributed by atoms with Gasteiger partial charge < -0.3 is 15.8 Å². The number of benzene rings is 1. The highest BCUT2D eigenvalue weighted by molar-refractivity contribution is 7.17. The van der Waals surface area contributed by atoms with Crippen LogP contribution in [-0.4, -0.2) is 42.2 Å². The molecule has 2 saturated heterocycles. The van der Waals surface area contributed by atoms with Crippen molar-refractivity contribution in [2.75, 3.05) is 16.8 Å². The Labute approximate surface area is 216 Å². The molecule has 4 aliphatic rings. The number of amides is 4. The van der Waals surface area contributed by atoms with E-state index < -0.39 is 53.0 Å². The van der Waals surface area contributed by atoms with E-state index in [4.69, 9.17) is 10.5 Å². The van der Waals surface area contributed by atoms with E-state index in [1.54, 1.807) is 31.2 Å². The molecule has 4 atom stereocenters. The first-order chi connectivity index (χ1) is 17.8. The van der Waals surface area contributed by atoms with E-state index in [2.05, 4.69) is 10.6 Å². The maximum Gasteiger partial charge on any atom is 0.341 e. The van der Waals surface area contributed by atoms with Crippen molar-refractivity contribution in [3.63, 3.8) is 0 Å². The predicted octanol–water partition coefficient (Wildman–Crippen LogP) is 1.60. The summed E-state index contributed by atoms with van der Waals surface area (Å²) in [6.45, 7) is 1.87. The lowest BCUT2D eigenvalue weighted by Crippen LogP contribution is -2.53. The lowest BCUT2D eigenvalue weighted by atomic mass is 9.76. The molecule has 1 aliphatic carbocycles. The highest BCUT2D eigenvalue weighted by Crippen LogP contribution is 2.55. The molecule has 11 heteroatoms. The van der Waals surface area contributed by atoms with Crippen LogP contribution in [0.3, 0.4) is 0 Å². The topological polar surface area (TPSA) is 148 Å². The number of nitrogens with two attached hydrogens (primary N) is 1. The molecule has 0 saturated carbocycles. The number of hydrogen-bond acceptors (Lipinski definition) is 8. The molecule has 6 rings (SSSR count). The number of para-hydroxylation sites is 1. The van der Waals surface area contributed by atoms with Crippen LogP contribution in [0.15, 0.2) is 24.3 Å². The molecule has 2 fully saturated rings. The highest BCUT2D eigenvalue weighted by Gasteiger charge is 2.70. The lowest BCUT2D eigenvalue weighted by Gasteiger charge is -2.29. The smallest absolute Gasteiger partial charge is 0.341 e. The van der Waals surface area contributed by atoms with Crippen molar-refractivity contribution in [2.45, 2.75) is 50.6 Å². The largest absolute Gasteiger partial charge is 0.462 e. The fourth-order valence-corrected chi connectivity index (χ4v) is 7.85. The zero-order valence-corrected chi connectivity index (χ0v) is 21.0. The number of hydrogen-bond donors (Lipinski definition) is 3. The summed E-state index contributed by atoms with van der Waals surface area (Å²) in [5, 5.41) is 6.40. The number of carbonyl (C=O) groups excluding carboxylic acids is 5. The number of anilines is 2. The number of primary amides is 1. The Hall–Kier alpha value is -3.57. The van der Waals surface area contributed by atoms with Gasteiger partial charge in [0.1, 0.15) is 10.5 Å². The maximum absolute atomic E-state index is 14.2. The number of nitrogens with zero attached hydrogens (tertiary/aromatic N) is 1. The molecule has 0 radical (unpaired) electrons. The Morgan fingerprint density at radius 3 is 2.73 bits per heavy atom. The number of fused-ring (bicyclic) bond motifs is 5. The van der Waals surface area contributed by atoms with E-state index >= 15 is 0 Å². The molecule has 4 heterocycles. The molecule has 4 amide bonds. The van der Waals surface area contributed by atoms with Crippen LogP contribution < -0.4 is 21.3 Å². The second kappa shape index (κ2) is 8.49. The van der Waals surface area contributed by atoms with Crippen molar-refractivity contribution < 1.29 is 28.7 Å². The molecular formula is C26H26N4O6S. The van der Waals surface area contributed by atoms with Gasteiger partial charge in [-0.25, -0.2) is 9.69 Å². The zero-order valence-electron chi connectivity index (χ0n) is 20.2. The predicted molar refractivity (Wildman–Crippen MR) is 134 cm³/mol. The maximum atomic E-state index is 14.2. The summed E-state index contributed by atoms with van der Waals surface area (Å²) >= 11 is 1.27. The molecule has 4 N–H and O–H groups in total. The second-order valence-electron chi connectivity index (χ2n) is 9.84. The third-order valence-electron chi connectivity index (χ3n) is 7.91. The van der Waals surface area contributed by atoms with Crippen LogP contribution in [-0.2, 0) is 42.3 Å². The lowest BCUT2D eigenvalue weighted by molar-refractivity contribution is -0.130.